The van der Waals surface area contributed by atoms with Gasteiger partial charge in [-0.1, -0.05) is 0 Å². The lowest BCUT2D eigenvalue weighted by Crippen LogP contribution is -2.49. The maximum atomic E-state index is 9.68. The Hall–Kier alpha value is -1.77. The third kappa shape index (κ3) is 2.82. The van der Waals surface area contributed by atoms with E-state index in [1.807, 2.05) is 12.1 Å². The Morgan fingerprint density at radius 2 is 2.24 bits per heavy atom. The summed E-state index contributed by atoms with van der Waals surface area (Å²) in [6, 6.07) is 8.87. The maximum absolute atomic E-state index is 9.68. The van der Waals surface area contributed by atoms with Crippen molar-refractivity contribution in [2.45, 2.75) is 25.5 Å². The second kappa shape index (κ2) is 5.92. The number of hydrogen-bond acceptors (Lipinski definition) is 5. The van der Waals surface area contributed by atoms with Gasteiger partial charge in [0.15, 0.2) is 0 Å². The molecule has 2 fully saturated rings. The van der Waals surface area contributed by atoms with E-state index in [0.717, 1.165) is 44.0 Å². The zero-order valence-corrected chi connectivity index (χ0v) is 12.4. The first-order chi connectivity index (χ1) is 10.2. The standard InChI is InChI=1S/C16H22N4O/c1-12-10-18-5-7-20(12)14-2-3-16(13(8-14)9-17)19-6-4-15(21)11-19/h2-3,8,12,15,18,21H,4-7,10-11H2,1H3/t12-,15-/m0/s1. The van der Waals surface area contributed by atoms with Crippen molar-refractivity contribution in [3.8, 4) is 6.07 Å². The summed E-state index contributed by atoms with van der Waals surface area (Å²) >= 11 is 0. The van der Waals surface area contributed by atoms with Gasteiger partial charge in [-0.25, -0.2) is 0 Å². The van der Waals surface area contributed by atoms with Gasteiger partial charge in [0.1, 0.15) is 6.07 Å². The molecule has 0 unspecified atom stereocenters. The predicted molar refractivity (Wildman–Crippen MR) is 83.7 cm³/mol. The Bertz CT molecular complexity index is 554. The largest absolute Gasteiger partial charge is 0.391 e. The van der Waals surface area contributed by atoms with Crippen LogP contribution in [0.15, 0.2) is 18.2 Å². The average Bonchev–Trinajstić information content (AvgIpc) is 2.93. The van der Waals surface area contributed by atoms with Crippen LogP contribution in [0.3, 0.4) is 0 Å². The van der Waals surface area contributed by atoms with Gasteiger partial charge in [-0.2, -0.15) is 5.26 Å². The molecule has 0 bridgehead atoms. The molecule has 0 aromatic heterocycles. The number of nitriles is 1. The number of aliphatic hydroxyl groups is 1. The zero-order chi connectivity index (χ0) is 14.8. The molecule has 1 aromatic rings. The van der Waals surface area contributed by atoms with Crippen molar-refractivity contribution in [3.63, 3.8) is 0 Å². The molecule has 5 heteroatoms. The number of anilines is 2. The molecule has 1 aromatic carbocycles. The average molecular weight is 286 g/mol. The lowest BCUT2D eigenvalue weighted by atomic mass is 10.1. The first-order valence-corrected chi connectivity index (χ1v) is 7.63. The number of aliphatic hydroxyl groups excluding tert-OH is 1. The molecule has 112 valence electrons. The molecule has 2 atom stereocenters. The van der Waals surface area contributed by atoms with Gasteiger partial charge in [-0.3, -0.25) is 0 Å². The van der Waals surface area contributed by atoms with Crippen molar-refractivity contribution in [1.29, 1.82) is 5.26 Å². The van der Waals surface area contributed by atoms with Gasteiger partial charge in [0, 0.05) is 44.5 Å². The molecule has 0 spiro atoms. The van der Waals surface area contributed by atoms with Crippen LogP contribution in [-0.2, 0) is 0 Å². The van der Waals surface area contributed by atoms with Gasteiger partial charge in [0.2, 0.25) is 0 Å². The number of β-amino-alcohol motifs (C(OH)–C–C–N with tert-alkyl or cyclic N) is 1. The summed E-state index contributed by atoms with van der Waals surface area (Å²) in [7, 11) is 0. The second-order valence-corrected chi connectivity index (χ2v) is 5.95. The van der Waals surface area contributed by atoms with E-state index < -0.39 is 0 Å². The van der Waals surface area contributed by atoms with Crippen molar-refractivity contribution < 1.29 is 5.11 Å². The minimum absolute atomic E-state index is 0.274. The van der Waals surface area contributed by atoms with Gasteiger partial charge >= 0.3 is 0 Å². The van der Waals surface area contributed by atoms with Crippen LogP contribution in [0.2, 0.25) is 0 Å². The van der Waals surface area contributed by atoms with Crippen LogP contribution >= 0.6 is 0 Å². The molecule has 21 heavy (non-hydrogen) atoms. The third-order valence-electron chi connectivity index (χ3n) is 4.44. The van der Waals surface area contributed by atoms with Crippen LogP contribution in [0.4, 0.5) is 11.4 Å². The molecular weight excluding hydrogens is 264 g/mol. The number of hydrogen-bond donors (Lipinski definition) is 2. The summed E-state index contributed by atoms with van der Waals surface area (Å²) in [5.74, 6) is 0. The monoisotopic (exact) mass is 286 g/mol. The summed E-state index contributed by atoms with van der Waals surface area (Å²) in [4.78, 5) is 4.45. The van der Waals surface area contributed by atoms with Crippen molar-refractivity contribution in [2.24, 2.45) is 0 Å². The molecule has 2 N–H and O–H groups in total. The van der Waals surface area contributed by atoms with Crippen molar-refractivity contribution in [1.82, 2.24) is 5.32 Å². The van der Waals surface area contributed by atoms with E-state index in [4.69, 9.17) is 0 Å². The van der Waals surface area contributed by atoms with E-state index in [1.54, 1.807) is 0 Å². The Labute approximate surface area is 125 Å². The molecular formula is C16H22N4O. The minimum atomic E-state index is -0.274. The predicted octanol–water partition coefficient (Wildman–Crippen LogP) is 0.927. The van der Waals surface area contributed by atoms with Gasteiger partial charge < -0.3 is 20.2 Å². The molecule has 3 rings (SSSR count). The number of benzene rings is 1. The highest BCUT2D eigenvalue weighted by Crippen LogP contribution is 2.29. The summed E-state index contributed by atoms with van der Waals surface area (Å²) < 4.78 is 0. The van der Waals surface area contributed by atoms with Crippen LogP contribution in [-0.4, -0.2) is 50.0 Å². The SMILES string of the molecule is C[C@H]1CNCCN1c1ccc(N2CC[C@H](O)C2)c(C#N)c1. The van der Waals surface area contributed by atoms with Gasteiger partial charge in [0.05, 0.1) is 17.4 Å². The highest BCUT2D eigenvalue weighted by molar-refractivity contribution is 5.67. The molecule has 0 radical (unpaired) electrons. The Balaban J connectivity index is 1.87. The van der Waals surface area contributed by atoms with E-state index in [9.17, 15) is 10.4 Å². The van der Waals surface area contributed by atoms with Crippen LogP contribution in [0, 0.1) is 11.3 Å². The number of nitrogens with one attached hydrogen (secondary N) is 1. The summed E-state index contributed by atoms with van der Waals surface area (Å²) in [6.45, 7) is 6.56. The molecule has 2 heterocycles. The fourth-order valence-corrected chi connectivity index (χ4v) is 3.25. The zero-order valence-electron chi connectivity index (χ0n) is 12.4. The lowest BCUT2D eigenvalue weighted by molar-refractivity contribution is 0.198. The van der Waals surface area contributed by atoms with Crippen molar-refractivity contribution in [3.05, 3.63) is 23.8 Å². The quantitative estimate of drug-likeness (QED) is 0.847. The normalized spacial score (nSPS) is 26.0. The highest BCUT2D eigenvalue weighted by Gasteiger charge is 2.24. The van der Waals surface area contributed by atoms with Crippen molar-refractivity contribution in [2.75, 3.05) is 42.5 Å². The van der Waals surface area contributed by atoms with Crippen LogP contribution in [0.25, 0.3) is 0 Å². The van der Waals surface area contributed by atoms with Gasteiger partial charge in [0.25, 0.3) is 0 Å². The van der Waals surface area contributed by atoms with E-state index in [1.165, 1.54) is 0 Å². The topological polar surface area (TPSA) is 62.5 Å². The van der Waals surface area contributed by atoms with Crippen LogP contribution < -0.4 is 15.1 Å². The highest BCUT2D eigenvalue weighted by atomic mass is 16.3. The fraction of sp³-hybridized carbons (Fsp3) is 0.562. The molecule has 0 amide bonds. The minimum Gasteiger partial charge on any atom is -0.391 e. The fourth-order valence-electron chi connectivity index (χ4n) is 3.25. The first kappa shape index (κ1) is 14.2. The van der Waals surface area contributed by atoms with Crippen LogP contribution in [0.1, 0.15) is 18.9 Å². The first-order valence-electron chi connectivity index (χ1n) is 7.63. The third-order valence-corrected chi connectivity index (χ3v) is 4.44. The number of nitrogens with zero attached hydrogens (tertiary/aromatic N) is 3. The summed E-state index contributed by atoms with van der Waals surface area (Å²) in [5.41, 5.74) is 2.76. The molecule has 2 aliphatic heterocycles. The smallest absolute Gasteiger partial charge is 0.101 e. The van der Waals surface area contributed by atoms with E-state index >= 15 is 0 Å². The Morgan fingerprint density at radius 1 is 1.38 bits per heavy atom. The second-order valence-electron chi connectivity index (χ2n) is 5.95. The number of piperazine rings is 1. The van der Waals surface area contributed by atoms with Crippen LogP contribution in [0.5, 0.6) is 0 Å². The Morgan fingerprint density at radius 3 is 2.90 bits per heavy atom. The molecule has 5 nitrogen and oxygen atoms in total. The van der Waals surface area contributed by atoms with E-state index in [-0.39, 0.29) is 6.10 Å². The van der Waals surface area contributed by atoms with E-state index in [2.05, 4.69) is 34.2 Å². The summed E-state index contributed by atoms with van der Waals surface area (Å²) in [5, 5.41) is 22.5. The number of rotatable bonds is 2. The molecule has 2 aliphatic rings. The van der Waals surface area contributed by atoms with E-state index in [0.29, 0.717) is 18.2 Å². The summed E-state index contributed by atoms with van der Waals surface area (Å²) in [6.07, 6.45) is 0.506. The Kier molecular flexibility index (Phi) is 4.00. The van der Waals surface area contributed by atoms with Gasteiger partial charge in [-0.15, -0.1) is 0 Å². The molecule has 0 saturated carbocycles. The molecule has 2 saturated heterocycles. The molecule has 0 aliphatic carbocycles. The van der Waals surface area contributed by atoms with Gasteiger partial charge in [-0.05, 0) is 31.5 Å². The maximum Gasteiger partial charge on any atom is 0.101 e. The van der Waals surface area contributed by atoms with Crippen molar-refractivity contribution >= 4 is 11.4 Å². The lowest BCUT2D eigenvalue weighted by Gasteiger charge is -2.36.